The van der Waals surface area contributed by atoms with Gasteiger partial charge in [0.15, 0.2) is 22.6 Å². The number of halogens is 2. The zero-order valence-electron chi connectivity index (χ0n) is 16.8. The van der Waals surface area contributed by atoms with E-state index in [2.05, 4.69) is 21.5 Å². The van der Waals surface area contributed by atoms with Crippen LogP contribution >= 0.6 is 0 Å². The highest BCUT2D eigenvalue weighted by atomic mass is 32.2. The average Bonchev–Trinajstić information content (AvgIpc) is 2.79. The van der Waals surface area contributed by atoms with Crippen molar-refractivity contribution in [2.75, 3.05) is 11.8 Å². The summed E-state index contributed by atoms with van der Waals surface area (Å²) in [6.07, 6.45) is 3.39. The van der Waals surface area contributed by atoms with Crippen LogP contribution in [0, 0.1) is 23.5 Å². The van der Waals surface area contributed by atoms with Crippen LogP contribution in [0.5, 0.6) is 5.88 Å². The van der Waals surface area contributed by atoms with Gasteiger partial charge in [0, 0.05) is 29.8 Å². The number of fused-ring (bicyclic) bond motifs is 1. The summed E-state index contributed by atoms with van der Waals surface area (Å²) in [5.41, 5.74) is 2.50. The Morgan fingerprint density at radius 2 is 1.97 bits per heavy atom. The molecule has 5 nitrogen and oxygen atoms in total. The molecule has 0 saturated heterocycles. The Balaban J connectivity index is 1.60. The number of anilines is 1. The number of allylic oxidation sites excluding steroid dienone is 1. The molecule has 2 aromatic carbocycles. The number of ether oxygens (including phenoxy) is 1. The molecule has 0 spiro atoms. The van der Waals surface area contributed by atoms with E-state index in [-0.39, 0.29) is 10.5 Å². The summed E-state index contributed by atoms with van der Waals surface area (Å²) in [4.78, 5) is 17.0. The molecular formula is C24H16F2N2O3S. The zero-order chi connectivity index (χ0) is 22.7. The number of rotatable bonds is 3. The number of ketones is 1. The van der Waals surface area contributed by atoms with Gasteiger partial charge in [0.1, 0.15) is 4.91 Å². The zero-order valence-corrected chi connectivity index (χ0v) is 17.6. The highest BCUT2D eigenvalue weighted by Gasteiger charge is 2.28. The standard InChI is InChI=1S/C24H16F2N2O3S/c1-31-23-14-16(9-10-27-23)4-2-3-15-6-8-21-18(11-15)24(29)22(32(30)28-21)13-17-5-7-19(25)20(26)12-17/h5-14,28H,4H2,1H3/b22-13+. The Hall–Kier alpha value is -3.83. The minimum atomic E-state index is -1.83. The molecule has 1 atom stereocenters. The highest BCUT2D eigenvalue weighted by Crippen LogP contribution is 2.29. The van der Waals surface area contributed by atoms with E-state index >= 15 is 0 Å². The molecule has 32 heavy (non-hydrogen) atoms. The van der Waals surface area contributed by atoms with Crippen LogP contribution in [0.25, 0.3) is 6.08 Å². The van der Waals surface area contributed by atoms with Gasteiger partial charge in [-0.1, -0.05) is 17.9 Å². The van der Waals surface area contributed by atoms with Crippen LogP contribution in [0.15, 0.2) is 59.6 Å². The van der Waals surface area contributed by atoms with Gasteiger partial charge >= 0.3 is 0 Å². The summed E-state index contributed by atoms with van der Waals surface area (Å²) in [6, 6.07) is 11.8. The average molecular weight is 450 g/mol. The van der Waals surface area contributed by atoms with Gasteiger partial charge in [-0.05, 0) is 53.6 Å². The van der Waals surface area contributed by atoms with E-state index < -0.39 is 28.4 Å². The number of hydrogen-bond donors (Lipinski definition) is 1. The van der Waals surface area contributed by atoms with Crippen molar-refractivity contribution in [1.82, 2.24) is 4.98 Å². The van der Waals surface area contributed by atoms with Crippen molar-refractivity contribution in [3.63, 3.8) is 0 Å². The second-order valence-electron chi connectivity index (χ2n) is 6.83. The van der Waals surface area contributed by atoms with Crippen LogP contribution in [-0.4, -0.2) is 22.1 Å². The third kappa shape index (κ3) is 4.58. The number of pyridine rings is 1. The van der Waals surface area contributed by atoms with E-state index in [0.29, 0.717) is 29.1 Å². The monoisotopic (exact) mass is 450 g/mol. The molecule has 0 saturated carbocycles. The Labute approximate surface area is 185 Å². The molecule has 0 amide bonds. The van der Waals surface area contributed by atoms with Crippen molar-refractivity contribution in [2.45, 2.75) is 6.42 Å². The van der Waals surface area contributed by atoms with E-state index in [0.717, 1.165) is 17.7 Å². The van der Waals surface area contributed by atoms with Crippen LogP contribution in [0.2, 0.25) is 0 Å². The van der Waals surface area contributed by atoms with Crippen molar-refractivity contribution in [2.24, 2.45) is 0 Å². The van der Waals surface area contributed by atoms with E-state index in [1.165, 1.54) is 19.3 Å². The Morgan fingerprint density at radius 1 is 1.12 bits per heavy atom. The number of Topliss-reactive ketones (excluding diaryl/α,β-unsaturated/α-hetero) is 1. The molecule has 1 aliphatic rings. The first-order chi connectivity index (χ1) is 15.4. The van der Waals surface area contributed by atoms with Crippen molar-refractivity contribution in [3.05, 3.63) is 93.5 Å². The molecule has 2 heterocycles. The summed E-state index contributed by atoms with van der Waals surface area (Å²) in [5.74, 6) is 4.04. The van der Waals surface area contributed by atoms with Crippen molar-refractivity contribution >= 4 is 28.5 Å². The number of methoxy groups -OCH3 is 1. The van der Waals surface area contributed by atoms with Gasteiger partial charge in [0.2, 0.25) is 11.7 Å². The lowest BCUT2D eigenvalue weighted by atomic mass is 10.0. The molecule has 8 heteroatoms. The lowest BCUT2D eigenvalue weighted by Gasteiger charge is -2.19. The smallest absolute Gasteiger partial charge is 0.213 e. The van der Waals surface area contributed by atoms with E-state index in [9.17, 15) is 17.8 Å². The van der Waals surface area contributed by atoms with E-state index in [4.69, 9.17) is 4.74 Å². The first kappa shape index (κ1) is 21.4. The lowest BCUT2D eigenvalue weighted by Crippen LogP contribution is -2.22. The maximum absolute atomic E-state index is 13.5. The molecule has 1 N–H and O–H groups in total. The van der Waals surface area contributed by atoms with E-state index in [1.807, 2.05) is 6.07 Å². The maximum atomic E-state index is 13.5. The van der Waals surface area contributed by atoms with Crippen LogP contribution in [0.4, 0.5) is 14.5 Å². The summed E-state index contributed by atoms with van der Waals surface area (Å²) in [6.45, 7) is 0. The lowest BCUT2D eigenvalue weighted by molar-refractivity contribution is 0.104. The third-order valence-corrected chi connectivity index (χ3v) is 5.77. The molecule has 0 fully saturated rings. The summed E-state index contributed by atoms with van der Waals surface area (Å²) in [5, 5.41) is 0. The molecule has 1 unspecified atom stereocenters. The van der Waals surface area contributed by atoms with Gasteiger partial charge in [0.05, 0.1) is 12.8 Å². The molecule has 0 aliphatic carbocycles. The van der Waals surface area contributed by atoms with E-state index in [1.54, 1.807) is 30.5 Å². The van der Waals surface area contributed by atoms with Crippen LogP contribution in [0.3, 0.4) is 0 Å². The quantitative estimate of drug-likeness (QED) is 0.478. The Bertz CT molecular complexity index is 1340. The second-order valence-corrected chi connectivity index (χ2v) is 8.01. The van der Waals surface area contributed by atoms with Crippen molar-refractivity contribution in [1.29, 1.82) is 0 Å². The Morgan fingerprint density at radius 3 is 2.75 bits per heavy atom. The first-order valence-corrected chi connectivity index (χ1v) is 10.6. The SMILES string of the molecule is COc1cc(CC#Cc2ccc3c(c2)C(=O)/C(=C\c2ccc(F)c(F)c2)S(=O)N3)ccn1. The molecule has 1 aromatic heterocycles. The fraction of sp³-hybridized carbons (Fsp3) is 0.0833. The fourth-order valence-electron chi connectivity index (χ4n) is 3.06. The maximum Gasteiger partial charge on any atom is 0.213 e. The Kier molecular flexibility index (Phi) is 6.10. The minimum Gasteiger partial charge on any atom is -0.481 e. The van der Waals surface area contributed by atoms with Gasteiger partial charge in [-0.2, -0.15) is 0 Å². The summed E-state index contributed by atoms with van der Waals surface area (Å²) < 4.78 is 47.0. The first-order valence-electron chi connectivity index (χ1n) is 9.46. The highest BCUT2D eigenvalue weighted by molar-refractivity contribution is 7.91. The third-order valence-electron chi connectivity index (χ3n) is 4.67. The number of benzene rings is 2. The molecular weight excluding hydrogens is 434 g/mol. The van der Waals surface area contributed by atoms with Gasteiger partial charge in [-0.15, -0.1) is 0 Å². The molecule has 3 aromatic rings. The second kappa shape index (κ2) is 9.12. The van der Waals surface area contributed by atoms with Crippen LogP contribution in [0.1, 0.15) is 27.0 Å². The summed E-state index contributed by atoms with van der Waals surface area (Å²) >= 11 is 0. The van der Waals surface area contributed by atoms with Crippen molar-refractivity contribution < 1.29 is 22.5 Å². The van der Waals surface area contributed by atoms with Crippen molar-refractivity contribution in [3.8, 4) is 17.7 Å². The predicted octanol–water partition coefficient (Wildman–Crippen LogP) is 4.28. The topological polar surface area (TPSA) is 68.3 Å². The largest absolute Gasteiger partial charge is 0.481 e. The number of aromatic nitrogens is 1. The molecule has 4 rings (SSSR count). The normalized spacial score (nSPS) is 16.0. The van der Waals surface area contributed by atoms with Gasteiger partial charge in [0.25, 0.3) is 0 Å². The number of carbonyl (C=O) groups excluding carboxylic acids is 1. The van der Waals surface area contributed by atoms with Crippen LogP contribution < -0.4 is 9.46 Å². The van der Waals surface area contributed by atoms with Gasteiger partial charge < -0.3 is 9.46 Å². The number of carbonyl (C=O) groups is 1. The number of hydrogen-bond acceptors (Lipinski definition) is 4. The fourth-order valence-corrected chi connectivity index (χ4v) is 4.07. The molecule has 0 radical (unpaired) electrons. The molecule has 1 aliphatic heterocycles. The van der Waals surface area contributed by atoms with Gasteiger partial charge in [-0.3, -0.25) is 4.79 Å². The number of nitrogens with one attached hydrogen (secondary N) is 1. The van der Waals surface area contributed by atoms with Crippen LogP contribution in [-0.2, 0) is 17.4 Å². The number of nitrogens with zero attached hydrogens (tertiary/aromatic N) is 1. The predicted molar refractivity (Wildman–Crippen MR) is 118 cm³/mol. The summed E-state index contributed by atoms with van der Waals surface area (Å²) in [7, 11) is -0.291. The molecule has 160 valence electrons. The van der Waals surface area contributed by atoms with Gasteiger partial charge in [-0.25, -0.2) is 18.0 Å². The molecule has 0 bridgehead atoms. The minimum absolute atomic E-state index is 0.0579.